The molecule has 0 aromatic carbocycles. The third-order valence-electron chi connectivity index (χ3n) is 3.27. The third kappa shape index (κ3) is 6.54. The van der Waals surface area contributed by atoms with Crippen LogP contribution in [0.15, 0.2) is 6.07 Å². The maximum atomic E-state index is 12.1. The Morgan fingerprint density at radius 1 is 1.29 bits per heavy atom. The van der Waals surface area contributed by atoms with E-state index in [0.717, 1.165) is 12.8 Å². The van der Waals surface area contributed by atoms with Gasteiger partial charge in [0.2, 0.25) is 0 Å². The molecule has 1 amide bonds. The van der Waals surface area contributed by atoms with Crippen LogP contribution in [0.3, 0.4) is 0 Å². The number of rotatable bonds is 10. The zero-order valence-electron chi connectivity index (χ0n) is 14.6. The van der Waals surface area contributed by atoms with Crippen LogP contribution in [0.5, 0.6) is 5.75 Å². The average Bonchev–Trinajstić information content (AvgIpc) is 2.55. The molecule has 0 spiro atoms. The van der Waals surface area contributed by atoms with Crippen molar-refractivity contribution in [1.82, 2.24) is 10.3 Å². The van der Waals surface area contributed by atoms with Gasteiger partial charge >= 0.3 is 5.97 Å². The first-order valence-electron chi connectivity index (χ1n) is 8.20. The Kier molecular flexibility index (Phi) is 8.78. The second kappa shape index (κ2) is 10.6. The number of hydrogen-bond acceptors (Lipinski definition) is 6. The zero-order chi connectivity index (χ0) is 17.9. The van der Waals surface area contributed by atoms with Gasteiger partial charge in [-0.1, -0.05) is 13.3 Å². The molecule has 0 bridgehead atoms. The van der Waals surface area contributed by atoms with Crippen LogP contribution in [-0.2, 0) is 20.7 Å². The van der Waals surface area contributed by atoms with Gasteiger partial charge < -0.3 is 19.9 Å². The van der Waals surface area contributed by atoms with Crippen LogP contribution in [0, 0.1) is 6.92 Å². The van der Waals surface area contributed by atoms with Gasteiger partial charge in [0, 0.05) is 17.9 Å². The lowest BCUT2D eigenvalue weighted by molar-refractivity contribution is -0.141. The van der Waals surface area contributed by atoms with Crippen molar-refractivity contribution in [2.75, 3.05) is 26.4 Å². The fraction of sp³-hybridized carbons (Fsp3) is 0.588. The Hall–Kier alpha value is -2.15. The van der Waals surface area contributed by atoms with Gasteiger partial charge in [-0.3, -0.25) is 9.59 Å². The van der Waals surface area contributed by atoms with Crippen molar-refractivity contribution in [3.05, 3.63) is 23.0 Å². The molecule has 0 saturated carbocycles. The topological polar surface area (TPSA) is 97.8 Å². The van der Waals surface area contributed by atoms with Gasteiger partial charge in [-0.05, 0) is 32.8 Å². The Morgan fingerprint density at radius 3 is 2.71 bits per heavy atom. The van der Waals surface area contributed by atoms with Crippen LogP contribution < -0.4 is 5.32 Å². The molecule has 1 rings (SSSR count). The summed E-state index contributed by atoms with van der Waals surface area (Å²) < 4.78 is 10.2. The smallest absolute Gasteiger partial charge is 0.325 e. The monoisotopic (exact) mass is 338 g/mol. The van der Waals surface area contributed by atoms with E-state index < -0.39 is 11.9 Å². The van der Waals surface area contributed by atoms with E-state index in [1.54, 1.807) is 19.9 Å². The molecule has 2 N–H and O–H groups in total. The van der Waals surface area contributed by atoms with E-state index in [0.29, 0.717) is 30.9 Å². The molecule has 1 aromatic rings. The van der Waals surface area contributed by atoms with Crippen LogP contribution in [-0.4, -0.2) is 48.3 Å². The minimum Gasteiger partial charge on any atom is -0.505 e. The number of carbonyl (C=O) groups excluding carboxylic acids is 2. The SMILES string of the molecule is CCCCOCCc1cc(C)nc(C(=O)NCC(=O)OCC)c1O. The summed E-state index contributed by atoms with van der Waals surface area (Å²) in [6.07, 6.45) is 2.53. The number of amides is 1. The number of pyridine rings is 1. The number of nitrogens with one attached hydrogen (secondary N) is 1. The summed E-state index contributed by atoms with van der Waals surface area (Å²) in [6, 6.07) is 1.72. The van der Waals surface area contributed by atoms with Crippen molar-refractivity contribution < 1.29 is 24.2 Å². The Morgan fingerprint density at radius 2 is 2.04 bits per heavy atom. The number of aryl methyl sites for hydroxylation is 1. The highest BCUT2D eigenvalue weighted by molar-refractivity contribution is 5.96. The molecule has 7 heteroatoms. The number of ether oxygens (including phenoxy) is 2. The maximum absolute atomic E-state index is 12.1. The van der Waals surface area contributed by atoms with Crippen molar-refractivity contribution >= 4 is 11.9 Å². The highest BCUT2D eigenvalue weighted by Crippen LogP contribution is 2.22. The fourth-order valence-electron chi connectivity index (χ4n) is 2.06. The second-order valence-electron chi connectivity index (χ2n) is 5.32. The van der Waals surface area contributed by atoms with Gasteiger partial charge in [0.15, 0.2) is 5.69 Å². The summed E-state index contributed by atoms with van der Waals surface area (Å²) in [7, 11) is 0. The molecule has 0 saturated heterocycles. The number of esters is 1. The molecule has 7 nitrogen and oxygen atoms in total. The number of unbranched alkanes of at least 4 members (excludes halogenated alkanes) is 1. The Balaban J connectivity index is 2.70. The molecule has 0 unspecified atom stereocenters. The predicted molar refractivity (Wildman–Crippen MR) is 89.0 cm³/mol. The van der Waals surface area contributed by atoms with Crippen LogP contribution in [0.25, 0.3) is 0 Å². The quantitative estimate of drug-likeness (QED) is 0.498. The largest absolute Gasteiger partial charge is 0.505 e. The minimum atomic E-state index is -0.614. The number of carbonyl (C=O) groups is 2. The molecule has 134 valence electrons. The molecule has 24 heavy (non-hydrogen) atoms. The molecule has 1 aromatic heterocycles. The predicted octanol–water partition coefficient (Wildman–Crippen LogP) is 1.75. The molecule has 0 radical (unpaired) electrons. The highest BCUT2D eigenvalue weighted by Gasteiger charge is 2.18. The van der Waals surface area contributed by atoms with Crippen molar-refractivity contribution in [2.45, 2.75) is 40.0 Å². The highest BCUT2D eigenvalue weighted by atomic mass is 16.5. The van der Waals surface area contributed by atoms with E-state index in [9.17, 15) is 14.7 Å². The first kappa shape index (κ1) is 19.9. The number of nitrogens with zero attached hydrogens (tertiary/aromatic N) is 1. The Bertz CT molecular complexity index is 560. The van der Waals surface area contributed by atoms with E-state index in [4.69, 9.17) is 9.47 Å². The summed E-state index contributed by atoms with van der Waals surface area (Å²) in [6.45, 7) is 6.62. The number of aromatic hydroxyl groups is 1. The van der Waals surface area contributed by atoms with Crippen LogP contribution >= 0.6 is 0 Å². The maximum Gasteiger partial charge on any atom is 0.325 e. The third-order valence-corrected chi connectivity index (χ3v) is 3.27. The molecule has 0 aliphatic heterocycles. The van der Waals surface area contributed by atoms with Gasteiger partial charge in [0.25, 0.3) is 5.91 Å². The van der Waals surface area contributed by atoms with Crippen LogP contribution in [0.2, 0.25) is 0 Å². The van der Waals surface area contributed by atoms with Crippen molar-refractivity contribution in [3.8, 4) is 5.75 Å². The lowest BCUT2D eigenvalue weighted by Crippen LogP contribution is -2.31. The van der Waals surface area contributed by atoms with Gasteiger partial charge in [0.1, 0.15) is 12.3 Å². The van der Waals surface area contributed by atoms with E-state index in [-0.39, 0.29) is 24.6 Å². The minimum absolute atomic E-state index is 0.0946. The molecule has 0 atom stereocenters. The molecule has 0 aliphatic rings. The normalized spacial score (nSPS) is 10.5. The molecular weight excluding hydrogens is 312 g/mol. The summed E-state index contributed by atoms with van der Waals surface area (Å²) >= 11 is 0. The van der Waals surface area contributed by atoms with Crippen molar-refractivity contribution in [3.63, 3.8) is 0 Å². The second-order valence-corrected chi connectivity index (χ2v) is 5.32. The molecule has 0 fully saturated rings. The van der Waals surface area contributed by atoms with Crippen LogP contribution in [0.1, 0.15) is 48.4 Å². The molecular formula is C17H26N2O5. The lowest BCUT2D eigenvalue weighted by atomic mass is 10.1. The standard InChI is InChI=1S/C17H26N2O5/c1-4-6-8-23-9-7-13-10-12(3)19-15(16(13)21)17(22)18-11-14(20)24-5-2/h10,21H,4-9,11H2,1-3H3,(H,18,22). The number of hydrogen-bond donors (Lipinski definition) is 2. The summed E-state index contributed by atoms with van der Waals surface area (Å²) in [5.74, 6) is -1.33. The molecule has 1 heterocycles. The first-order valence-corrected chi connectivity index (χ1v) is 8.20. The Labute approximate surface area is 142 Å². The average molecular weight is 338 g/mol. The van der Waals surface area contributed by atoms with Crippen LogP contribution in [0.4, 0.5) is 0 Å². The van der Waals surface area contributed by atoms with Gasteiger partial charge in [-0.25, -0.2) is 4.98 Å². The van der Waals surface area contributed by atoms with Gasteiger partial charge in [-0.2, -0.15) is 0 Å². The summed E-state index contributed by atoms with van der Waals surface area (Å²) in [5, 5.41) is 12.7. The van der Waals surface area contributed by atoms with E-state index in [1.165, 1.54) is 0 Å². The fourth-order valence-corrected chi connectivity index (χ4v) is 2.06. The van der Waals surface area contributed by atoms with E-state index in [1.807, 2.05) is 0 Å². The van der Waals surface area contributed by atoms with E-state index >= 15 is 0 Å². The van der Waals surface area contributed by atoms with Crippen molar-refractivity contribution in [2.24, 2.45) is 0 Å². The van der Waals surface area contributed by atoms with Crippen molar-refractivity contribution in [1.29, 1.82) is 0 Å². The zero-order valence-corrected chi connectivity index (χ0v) is 14.6. The lowest BCUT2D eigenvalue weighted by Gasteiger charge is -2.11. The van der Waals surface area contributed by atoms with Gasteiger partial charge in [-0.15, -0.1) is 0 Å². The first-order chi connectivity index (χ1) is 11.5. The summed E-state index contributed by atoms with van der Waals surface area (Å²) in [5.41, 5.74) is 1.11. The number of aromatic nitrogens is 1. The van der Waals surface area contributed by atoms with Gasteiger partial charge in [0.05, 0.1) is 13.2 Å². The van der Waals surface area contributed by atoms with E-state index in [2.05, 4.69) is 17.2 Å². The molecule has 0 aliphatic carbocycles. The summed E-state index contributed by atoms with van der Waals surface area (Å²) in [4.78, 5) is 27.5.